The van der Waals surface area contributed by atoms with E-state index in [1.807, 2.05) is 6.07 Å². The third-order valence-electron chi connectivity index (χ3n) is 2.53. The highest BCUT2D eigenvalue weighted by atomic mass is 79.9. The molecule has 19 heavy (non-hydrogen) atoms. The van der Waals surface area contributed by atoms with Crippen LogP contribution in [-0.4, -0.2) is 23.2 Å². The summed E-state index contributed by atoms with van der Waals surface area (Å²) in [4.78, 5) is 23.1. The fraction of sp³-hybridized carbons (Fsp3) is 0.357. The Labute approximate surface area is 120 Å². The van der Waals surface area contributed by atoms with Crippen LogP contribution in [0.3, 0.4) is 0 Å². The molecular formula is C14H14BrNO3. The van der Waals surface area contributed by atoms with Gasteiger partial charge in [0.15, 0.2) is 5.78 Å². The lowest BCUT2D eigenvalue weighted by Gasteiger charge is -2.09. The van der Waals surface area contributed by atoms with E-state index in [2.05, 4.69) is 15.9 Å². The van der Waals surface area contributed by atoms with Gasteiger partial charge >= 0.3 is 5.97 Å². The van der Waals surface area contributed by atoms with Crippen molar-refractivity contribution in [2.75, 3.05) is 6.61 Å². The molecule has 0 saturated carbocycles. The molecule has 0 saturated heterocycles. The number of esters is 1. The number of nitriles is 1. The molecule has 0 aliphatic rings. The molecule has 100 valence electrons. The summed E-state index contributed by atoms with van der Waals surface area (Å²) in [6.07, 6.45) is -0.00544. The minimum Gasteiger partial charge on any atom is -0.466 e. The van der Waals surface area contributed by atoms with E-state index < -0.39 is 5.97 Å². The second-order valence-electron chi connectivity index (χ2n) is 3.91. The number of halogens is 1. The van der Waals surface area contributed by atoms with Crippen LogP contribution in [-0.2, 0) is 16.0 Å². The third-order valence-corrected chi connectivity index (χ3v) is 2.95. The monoisotopic (exact) mass is 323 g/mol. The standard InChI is InChI=1S/C14H14BrNO3/c1-3-19-13(17)7-10-5-4-6-11(12(10)8-16)14(18)9(2)15/h4-6,9H,3,7H2,1-2H3. The van der Waals surface area contributed by atoms with Gasteiger partial charge in [0.05, 0.1) is 23.4 Å². The maximum Gasteiger partial charge on any atom is 0.310 e. The van der Waals surface area contributed by atoms with Crippen LogP contribution in [0.25, 0.3) is 0 Å². The zero-order valence-electron chi connectivity index (χ0n) is 10.8. The van der Waals surface area contributed by atoms with Crippen LogP contribution in [0.2, 0.25) is 0 Å². The van der Waals surface area contributed by atoms with Crippen molar-refractivity contribution in [2.24, 2.45) is 0 Å². The molecule has 0 bridgehead atoms. The number of carbonyl (C=O) groups excluding carboxylic acids is 2. The van der Waals surface area contributed by atoms with Crippen molar-refractivity contribution < 1.29 is 14.3 Å². The van der Waals surface area contributed by atoms with Crippen LogP contribution in [0.4, 0.5) is 0 Å². The molecule has 0 N–H and O–H groups in total. The normalized spacial score (nSPS) is 11.5. The summed E-state index contributed by atoms with van der Waals surface area (Å²) in [6.45, 7) is 3.70. The second-order valence-corrected chi connectivity index (χ2v) is 5.29. The molecule has 1 aromatic carbocycles. The Morgan fingerprint density at radius 1 is 1.47 bits per heavy atom. The molecule has 0 fully saturated rings. The second kappa shape index (κ2) is 7.05. The number of benzene rings is 1. The number of ether oxygens (including phenoxy) is 1. The number of ketones is 1. The Morgan fingerprint density at radius 2 is 2.16 bits per heavy atom. The van der Waals surface area contributed by atoms with Crippen molar-refractivity contribution in [1.82, 2.24) is 0 Å². The summed E-state index contributed by atoms with van der Waals surface area (Å²) in [7, 11) is 0. The lowest BCUT2D eigenvalue weighted by atomic mass is 9.96. The minimum absolute atomic E-state index is 0.00544. The van der Waals surface area contributed by atoms with Gasteiger partial charge in [0.2, 0.25) is 0 Å². The van der Waals surface area contributed by atoms with Gasteiger partial charge in [0.1, 0.15) is 6.07 Å². The summed E-state index contributed by atoms with van der Waals surface area (Å²) in [5.74, 6) is -0.585. The fourth-order valence-corrected chi connectivity index (χ4v) is 1.91. The summed E-state index contributed by atoms with van der Waals surface area (Å²) in [6, 6.07) is 6.91. The summed E-state index contributed by atoms with van der Waals surface area (Å²) < 4.78 is 4.85. The molecule has 5 heteroatoms. The first kappa shape index (κ1) is 15.4. The molecule has 0 heterocycles. The number of rotatable bonds is 5. The van der Waals surface area contributed by atoms with Gasteiger partial charge in [0.25, 0.3) is 0 Å². The fourth-order valence-electron chi connectivity index (χ4n) is 1.67. The molecule has 1 atom stereocenters. The van der Waals surface area contributed by atoms with E-state index in [9.17, 15) is 14.9 Å². The lowest BCUT2D eigenvalue weighted by molar-refractivity contribution is -0.142. The highest BCUT2D eigenvalue weighted by molar-refractivity contribution is 9.10. The van der Waals surface area contributed by atoms with Gasteiger partial charge in [-0.3, -0.25) is 9.59 Å². The van der Waals surface area contributed by atoms with Crippen LogP contribution >= 0.6 is 15.9 Å². The summed E-state index contributed by atoms with van der Waals surface area (Å²) >= 11 is 3.19. The Balaban J connectivity index is 3.14. The quantitative estimate of drug-likeness (QED) is 0.474. The Morgan fingerprint density at radius 3 is 2.68 bits per heavy atom. The topological polar surface area (TPSA) is 67.2 Å². The molecule has 1 unspecified atom stereocenters. The van der Waals surface area contributed by atoms with E-state index in [0.29, 0.717) is 11.1 Å². The van der Waals surface area contributed by atoms with E-state index in [1.165, 1.54) is 0 Å². The molecule has 4 nitrogen and oxygen atoms in total. The van der Waals surface area contributed by atoms with Crippen molar-refractivity contribution in [3.8, 4) is 6.07 Å². The maximum absolute atomic E-state index is 12.0. The SMILES string of the molecule is CCOC(=O)Cc1cccc(C(=O)C(C)Br)c1C#N. The van der Waals surface area contributed by atoms with Crippen LogP contribution in [0, 0.1) is 11.3 Å². The van der Waals surface area contributed by atoms with E-state index in [1.54, 1.807) is 32.0 Å². The third kappa shape index (κ3) is 3.90. The van der Waals surface area contributed by atoms with Crippen molar-refractivity contribution in [2.45, 2.75) is 25.1 Å². The van der Waals surface area contributed by atoms with Crippen LogP contribution < -0.4 is 0 Å². The molecule has 1 rings (SSSR count). The van der Waals surface area contributed by atoms with Gasteiger partial charge < -0.3 is 4.74 Å². The number of alkyl halides is 1. The van der Waals surface area contributed by atoms with Gasteiger partial charge in [-0.15, -0.1) is 0 Å². The van der Waals surface area contributed by atoms with E-state index in [4.69, 9.17) is 4.74 Å². The lowest BCUT2D eigenvalue weighted by Crippen LogP contribution is -2.15. The first-order valence-electron chi connectivity index (χ1n) is 5.87. The van der Waals surface area contributed by atoms with Crippen molar-refractivity contribution in [1.29, 1.82) is 5.26 Å². The molecule has 0 aliphatic heterocycles. The van der Waals surface area contributed by atoms with Crippen LogP contribution in [0.1, 0.15) is 35.3 Å². The zero-order chi connectivity index (χ0) is 14.4. The van der Waals surface area contributed by atoms with Gasteiger partial charge in [-0.2, -0.15) is 5.26 Å². The minimum atomic E-state index is -0.407. The average Bonchev–Trinajstić information content (AvgIpc) is 2.37. The number of nitrogens with zero attached hydrogens (tertiary/aromatic N) is 1. The molecular weight excluding hydrogens is 310 g/mol. The van der Waals surface area contributed by atoms with Gasteiger partial charge in [-0.1, -0.05) is 34.1 Å². The predicted octanol–water partition coefficient (Wildman–Crippen LogP) is 2.63. The van der Waals surface area contributed by atoms with Gasteiger partial charge in [0, 0.05) is 5.56 Å². The van der Waals surface area contributed by atoms with Crippen molar-refractivity contribution in [3.05, 3.63) is 34.9 Å². The largest absolute Gasteiger partial charge is 0.466 e. The number of Topliss-reactive ketones (excluding diaryl/α,β-unsaturated/α-hetero) is 1. The highest BCUT2D eigenvalue weighted by Crippen LogP contribution is 2.19. The molecule has 0 aliphatic carbocycles. The van der Waals surface area contributed by atoms with Gasteiger partial charge in [-0.05, 0) is 19.4 Å². The predicted molar refractivity (Wildman–Crippen MR) is 74.2 cm³/mol. The first-order chi connectivity index (χ1) is 9.01. The summed E-state index contributed by atoms with van der Waals surface area (Å²) in [5, 5.41) is 9.20. The van der Waals surface area contributed by atoms with E-state index in [-0.39, 0.29) is 29.2 Å². The zero-order valence-corrected chi connectivity index (χ0v) is 12.4. The maximum atomic E-state index is 12.0. The van der Waals surface area contributed by atoms with E-state index >= 15 is 0 Å². The highest BCUT2D eigenvalue weighted by Gasteiger charge is 2.19. The van der Waals surface area contributed by atoms with Crippen molar-refractivity contribution >= 4 is 27.7 Å². The molecule has 0 spiro atoms. The van der Waals surface area contributed by atoms with Crippen LogP contribution in [0.15, 0.2) is 18.2 Å². The van der Waals surface area contributed by atoms with Crippen molar-refractivity contribution in [3.63, 3.8) is 0 Å². The van der Waals surface area contributed by atoms with Gasteiger partial charge in [-0.25, -0.2) is 0 Å². The molecule has 0 aromatic heterocycles. The number of hydrogen-bond donors (Lipinski definition) is 0. The Hall–Kier alpha value is -1.67. The molecule has 1 aromatic rings. The Kier molecular flexibility index (Phi) is 5.71. The molecule has 0 amide bonds. The first-order valence-corrected chi connectivity index (χ1v) is 6.78. The number of carbonyl (C=O) groups is 2. The smallest absolute Gasteiger partial charge is 0.310 e. The number of hydrogen-bond acceptors (Lipinski definition) is 4. The molecule has 0 radical (unpaired) electrons. The average molecular weight is 324 g/mol. The van der Waals surface area contributed by atoms with Crippen LogP contribution in [0.5, 0.6) is 0 Å². The van der Waals surface area contributed by atoms with E-state index in [0.717, 1.165) is 0 Å². The Bertz CT molecular complexity index is 532. The summed E-state index contributed by atoms with van der Waals surface area (Å²) in [5.41, 5.74) is 1.08.